The van der Waals surface area contributed by atoms with Gasteiger partial charge in [-0.05, 0) is 57.2 Å². The van der Waals surface area contributed by atoms with E-state index in [9.17, 15) is 0 Å². The molecule has 0 fully saturated rings. The highest BCUT2D eigenvalue weighted by Gasteiger charge is 2.12. The first-order valence-electron chi connectivity index (χ1n) is 7.93. The summed E-state index contributed by atoms with van der Waals surface area (Å²) in [5.74, 6) is 2.91. The van der Waals surface area contributed by atoms with E-state index in [0.717, 1.165) is 39.7 Å². The second kappa shape index (κ2) is 7.38. The molecule has 4 heteroatoms. The van der Waals surface area contributed by atoms with Gasteiger partial charge in [0.05, 0.1) is 0 Å². The molecule has 0 aliphatic heterocycles. The molecular weight excluding hydrogens is 355 g/mol. The number of hydrogen-bond donors (Lipinski definition) is 0. The third-order valence-corrected chi connectivity index (χ3v) is 4.93. The number of ether oxygens (including phenoxy) is 2. The Labute approximate surface area is 157 Å². The molecule has 0 unspecified atom stereocenters. The molecule has 128 valence electrons. The van der Waals surface area contributed by atoms with Crippen molar-refractivity contribution in [2.45, 2.75) is 20.8 Å². The van der Waals surface area contributed by atoms with Gasteiger partial charge in [-0.2, -0.15) is 0 Å². The maximum Gasteiger partial charge on any atom is 0.134 e. The third kappa shape index (κ3) is 3.76. The van der Waals surface area contributed by atoms with E-state index in [1.54, 1.807) is 0 Å². The van der Waals surface area contributed by atoms with E-state index in [0.29, 0.717) is 10.0 Å². The van der Waals surface area contributed by atoms with E-state index in [-0.39, 0.29) is 0 Å². The van der Waals surface area contributed by atoms with Crippen LogP contribution in [0.3, 0.4) is 0 Å². The fraction of sp³-hybridized carbons (Fsp3) is 0.143. The van der Waals surface area contributed by atoms with Crippen molar-refractivity contribution in [2.24, 2.45) is 0 Å². The van der Waals surface area contributed by atoms with Crippen molar-refractivity contribution in [1.29, 1.82) is 0 Å². The molecule has 3 aromatic rings. The molecule has 0 bridgehead atoms. The van der Waals surface area contributed by atoms with Crippen molar-refractivity contribution in [3.05, 3.63) is 81.3 Å². The molecule has 3 aromatic carbocycles. The van der Waals surface area contributed by atoms with Gasteiger partial charge in [-0.15, -0.1) is 0 Å². The van der Waals surface area contributed by atoms with Gasteiger partial charge in [-0.3, -0.25) is 0 Å². The van der Waals surface area contributed by atoms with Crippen LogP contribution in [-0.4, -0.2) is 0 Å². The molecule has 0 atom stereocenters. The Morgan fingerprint density at radius 2 is 0.840 bits per heavy atom. The minimum Gasteiger partial charge on any atom is -0.457 e. The Kier molecular flexibility index (Phi) is 5.22. The lowest BCUT2D eigenvalue weighted by Crippen LogP contribution is -1.94. The lowest BCUT2D eigenvalue weighted by atomic mass is 10.1. The van der Waals surface area contributed by atoms with E-state index in [1.165, 1.54) is 0 Å². The summed E-state index contributed by atoms with van der Waals surface area (Å²) in [5, 5.41) is 1.36. The molecule has 0 saturated heterocycles. The largest absolute Gasteiger partial charge is 0.457 e. The summed E-state index contributed by atoms with van der Waals surface area (Å²) >= 11 is 12.3. The molecule has 0 N–H and O–H groups in total. The van der Waals surface area contributed by atoms with Gasteiger partial charge in [-0.1, -0.05) is 41.4 Å². The van der Waals surface area contributed by atoms with Crippen molar-refractivity contribution in [2.75, 3.05) is 0 Å². The van der Waals surface area contributed by atoms with Crippen LogP contribution in [-0.2, 0) is 0 Å². The maximum atomic E-state index is 6.17. The second-order valence-corrected chi connectivity index (χ2v) is 6.62. The van der Waals surface area contributed by atoms with Crippen LogP contribution in [0.15, 0.2) is 54.6 Å². The van der Waals surface area contributed by atoms with Crippen LogP contribution in [0, 0.1) is 20.8 Å². The predicted molar refractivity (Wildman–Crippen MR) is 104 cm³/mol. The van der Waals surface area contributed by atoms with E-state index >= 15 is 0 Å². The minimum absolute atomic E-state index is 0.678. The van der Waals surface area contributed by atoms with Crippen LogP contribution in [0.2, 0.25) is 10.0 Å². The number of benzene rings is 3. The first-order valence-corrected chi connectivity index (χ1v) is 8.68. The fourth-order valence-corrected chi connectivity index (χ4v) is 2.78. The summed E-state index contributed by atoms with van der Waals surface area (Å²) in [7, 11) is 0. The van der Waals surface area contributed by atoms with Gasteiger partial charge in [0.2, 0.25) is 0 Å². The zero-order valence-electron chi connectivity index (χ0n) is 14.3. The zero-order valence-corrected chi connectivity index (χ0v) is 15.8. The van der Waals surface area contributed by atoms with Crippen molar-refractivity contribution >= 4 is 23.2 Å². The lowest BCUT2D eigenvalue weighted by molar-refractivity contribution is 0.450. The van der Waals surface area contributed by atoms with Crippen LogP contribution >= 0.6 is 23.2 Å². The van der Waals surface area contributed by atoms with E-state index in [4.69, 9.17) is 32.7 Å². The summed E-state index contributed by atoms with van der Waals surface area (Å²) in [6.45, 7) is 5.83. The highest BCUT2D eigenvalue weighted by Crippen LogP contribution is 2.37. The molecule has 0 aliphatic carbocycles. The van der Waals surface area contributed by atoms with Crippen LogP contribution < -0.4 is 9.47 Å². The minimum atomic E-state index is 0.678. The Bertz CT molecular complexity index is 848. The van der Waals surface area contributed by atoms with Crippen LogP contribution in [0.25, 0.3) is 0 Å². The molecule has 0 aliphatic rings. The fourth-order valence-electron chi connectivity index (χ4n) is 2.45. The smallest absolute Gasteiger partial charge is 0.134 e. The van der Waals surface area contributed by atoms with Crippen molar-refractivity contribution < 1.29 is 9.47 Å². The van der Waals surface area contributed by atoms with Gasteiger partial charge < -0.3 is 9.47 Å². The monoisotopic (exact) mass is 372 g/mol. The van der Waals surface area contributed by atoms with E-state index in [2.05, 4.69) is 0 Å². The lowest BCUT2D eigenvalue weighted by Gasteiger charge is -2.16. The number of hydrogen-bond acceptors (Lipinski definition) is 2. The molecule has 0 amide bonds. The quantitative estimate of drug-likeness (QED) is 0.471. The van der Waals surface area contributed by atoms with Crippen molar-refractivity contribution in [3.63, 3.8) is 0 Å². The van der Waals surface area contributed by atoms with Crippen LogP contribution in [0.5, 0.6) is 23.0 Å². The van der Waals surface area contributed by atoms with Crippen molar-refractivity contribution in [1.82, 2.24) is 0 Å². The van der Waals surface area contributed by atoms with Crippen LogP contribution in [0.1, 0.15) is 16.7 Å². The summed E-state index contributed by atoms with van der Waals surface area (Å²) in [4.78, 5) is 0. The average molecular weight is 373 g/mol. The van der Waals surface area contributed by atoms with Gasteiger partial charge in [0.1, 0.15) is 23.0 Å². The van der Waals surface area contributed by atoms with Crippen molar-refractivity contribution in [3.8, 4) is 23.0 Å². The van der Waals surface area contributed by atoms with Gasteiger partial charge in [-0.25, -0.2) is 0 Å². The first kappa shape index (κ1) is 17.7. The molecule has 0 radical (unpaired) electrons. The molecule has 0 saturated carbocycles. The second-order valence-electron chi connectivity index (χ2n) is 5.81. The Balaban J connectivity index is 1.92. The normalized spacial score (nSPS) is 10.6. The molecule has 2 nitrogen and oxygen atoms in total. The summed E-state index contributed by atoms with van der Waals surface area (Å²) in [5.41, 5.74) is 2.71. The Hall–Kier alpha value is -2.16. The molecule has 25 heavy (non-hydrogen) atoms. The number of rotatable bonds is 4. The molecule has 0 spiro atoms. The zero-order chi connectivity index (χ0) is 18.0. The average Bonchev–Trinajstić information content (AvgIpc) is 2.59. The Morgan fingerprint density at radius 3 is 1.24 bits per heavy atom. The first-order chi connectivity index (χ1) is 12.0. The highest BCUT2D eigenvalue weighted by atomic mass is 35.5. The van der Waals surface area contributed by atoms with Gasteiger partial charge in [0, 0.05) is 26.7 Å². The summed E-state index contributed by atoms with van der Waals surface area (Å²) in [6.07, 6.45) is 0. The SMILES string of the molecule is Cc1c(Cl)cccc1Oc1cccc(Oc2cccc(Cl)c2C)c1C. The molecule has 0 heterocycles. The van der Waals surface area contributed by atoms with Crippen LogP contribution in [0.4, 0.5) is 0 Å². The number of halogens is 2. The summed E-state index contributed by atoms with van der Waals surface area (Å²) < 4.78 is 12.1. The van der Waals surface area contributed by atoms with Gasteiger partial charge >= 0.3 is 0 Å². The topological polar surface area (TPSA) is 18.5 Å². The molecular formula is C21H18Cl2O2. The van der Waals surface area contributed by atoms with E-state index in [1.807, 2.05) is 75.4 Å². The van der Waals surface area contributed by atoms with Gasteiger partial charge in [0.15, 0.2) is 0 Å². The summed E-state index contributed by atoms with van der Waals surface area (Å²) in [6, 6.07) is 16.9. The standard InChI is InChI=1S/C21H18Cl2O2/c1-13-16(22)7-4-9-18(13)24-20-11-6-12-21(15(20)3)25-19-10-5-8-17(23)14(19)2/h4-12H,1-3H3. The predicted octanol–water partition coefficient (Wildman–Crippen LogP) is 7.50. The Morgan fingerprint density at radius 1 is 0.520 bits per heavy atom. The van der Waals surface area contributed by atoms with E-state index < -0.39 is 0 Å². The molecule has 0 aromatic heterocycles. The maximum absolute atomic E-state index is 6.17. The van der Waals surface area contributed by atoms with Gasteiger partial charge in [0.25, 0.3) is 0 Å². The highest BCUT2D eigenvalue weighted by molar-refractivity contribution is 6.31. The molecule has 3 rings (SSSR count). The third-order valence-electron chi connectivity index (χ3n) is 4.11.